The third-order valence-corrected chi connectivity index (χ3v) is 9.45. The second-order valence-electron chi connectivity index (χ2n) is 10.1. The fraction of sp³-hybridized carbons (Fsp3) is 0.407. The van der Waals surface area contributed by atoms with E-state index < -0.39 is 29.4 Å². The van der Waals surface area contributed by atoms with Crippen LogP contribution in [0, 0.1) is 0 Å². The van der Waals surface area contributed by atoms with Crippen LogP contribution in [0.15, 0.2) is 39.2 Å². The number of nitrogens with zero attached hydrogens (tertiary/aromatic N) is 4. The molecule has 2 aliphatic heterocycles. The average Bonchev–Trinajstić information content (AvgIpc) is 3.31. The number of alkyl halides is 3. The van der Waals surface area contributed by atoms with Crippen molar-refractivity contribution in [1.29, 1.82) is 0 Å². The molecule has 5 rings (SSSR count). The monoisotopic (exact) mass is 607 g/mol. The average molecular weight is 608 g/mol. The number of carbonyl (C=O) groups excluding carboxylic acids is 2. The van der Waals surface area contributed by atoms with Crippen LogP contribution in [0.3, 0.4) is 0 Å². The van der Waals surface area contributed by atoms with Gasteiger partial charge in [-0.2, -0.15) is 29.5 Å². The van der Waals surface area contributed by atoms with Gasteiger partial charge in [-0.1, -0.05) is 6.58 Å². The summed E-state index contributed by atoms with van der Waals surface area (Å²) in [6.07, 6.45) is -4.06. The number of thiophene rings is 1. The molecule has 41 heavy (non-hydrogen) atoms. The summed E-state index contributed by atoms with van der Waals surface area (Å²) >= 11 is 2.21. The summed E-state index contributed by atoms with van der Waals surface area (Å²) in [5.74, 6) is -0.722. The molecule has 0 spiro atoms. The van der Waals surface area contributed by atoms with Crippen molar-refractivity contribution in [2.45, 2.75) is 49.7 Å². The standard InChI is InChI=1S/C27H28F3N5O4S2/c1-5-20(36)35-13(2)7-33(8-14(35)3)25-16-6-19(27(28,29)30)21(17-11-40-12-18(17)24(31)37)23-22(16)34(26(38)32-25)9-15(39-4)10-41-23/h5-6,11-15H,1,7-10H2,2-4H3,(H2,31,37)/t13-,14+,15?. The van der Waals surface area contributed by atoms with Gasteiger partial charge in [0, 0.05) is 64.8 Å². The first-order valence-electron chi connectivity index (χ1n) is 12.8. The van der Waals surface area contributed by atoms with Gasteiger partial charge < -0.3 is 20.3 Å². The number of hydrogen-bond donors (Lipinski definition) is 1. The third kappa shape index (κ3) is 5.01. The summed E-state index contributed by atoms with van der Waals surface area (Å²) in [7, 11) is 1.48. The number of benzene rings is 1. The zero-order chi connectivity index (χ0) is 29.8. The van der Waals surface area contributed by atoms with E-state index in [9.17, 15) is 27.6 Å². The Morgan fingerprint density at radius 1 is 1.20 bits per heavy atom. The minimum atomic E-state index is -4.81. The van der Waals surface area contributed by atoms with E-state index in [-0.39, 0.29) is 76.2 Å². The summed E-state index contributed by atoms with van der Waals surface area (Å²) in [4.78, 5) is 46.2. The Labute approximate surface area is 241 Å². The van der Waals surface area contributed by atoms with Gasteiger partial charge >= 0.3 is 11.9 Å². The molecule has 2 aliphatic rings. The van der Waals surface area contributed by atoms with Gasteiger partial charge in [-0.15, -0.1) is 11.8 Å². The molecule has 2 amide bonds. The van der Waals surface area contributed by atoms with Gasteiger partial charge in [0.2, 0.25) is 11.8 Å². The first-order valence-corrected chi connectivity index (χ1v) is 14.7. The number of halogens is 3. The van der Waals surface area contributed by atoms with E-state index in [2.05, 4.69) is 11.6 Å². The maximum Gasteiger partial charge on any atom is 0.417 e. The van der Waals surface area contributed by atoms with Gasteiger partial charge in [-0.25, -0.2) is 4.79 Å². The number of carbonyl (C=O) groups is 2. The Morgan fingerprint density at radius 2 is 1.88 bits per heavy atom. The zero-order valence-electron chi connectivity index (χ0n) is 22.5. The van der Waals surface area contributed by atoms with Crippen molar-refractivity contribution >= 4 is 51.6 Å². The number of methoxy groups -OCH3 is 1. The molecule has 14 heteroatoms. The Kier molecular flexibility index (Phi) is 7.68. The highest BCUT2D eigenvalue weighted by atomic mass is 32.2. The molecule has 0 bridgehead atoms. The molecule has 3 aromatic rings. The molecule has 1 aromatic carbocycles. The lowest BCUT2D eigenvalue weighted by atomic mass is 9.95. The minimum Gasteiger partial charge on any atom is -0.379 e. The molecule has 2 aromatic heterocycles. The van der Waals surface area contributed by atoms with E-state index in [0.29, 0.717) is 5.52 Å². The van der Waals surface area contributed by atoms with Crippen LogP contribution < -0.4 is 16.3 Å². The minimum absolute atomic E-state index is 0.0296. The van der Waals surface area contributed by atoms with Gasteiger partial charge in [0.15, 0.2) is 0 Å². The number of thioether (sulfide) groups is 1. The maximum atomic E-state index is 14.8. The van der Waals surface area contributed by atoms with Crippen LogP contribution in [0.1, 0.15) is 29.8 Å². The van der Waals surface area contributed by atoms with Crippen molar-refractivity contribution in [1.82, 2.24) is 14.5 Å². The van der Waals surface area contributed by atoms with Crippen LogP contribution in [0.4, 0.5) is 19.0 Å². The van der Waals surface area contributed by atoms with Crippen LogP contribution in [0.5, 0.6) is 0 Å². The van der Waals surface area contributed by atoms with Crippen molar-refractivity contribution in [3.8, 4) is 11.1 Å². The number of amides is 2. The van der Waals surface area contributed by atoms with E-state index >= 15 is 0 Å². The highest BCUT2D eigenvalue weighted by Crippen LogP contribution is 2.49. The topological polar surface area (TPSA) is 111 Å². The lowest BCUT2D eigenvalue weighted by molar-refractivity contribution is -0.137. The predicted molar refractivity (Wildman–Crippen MR) is 153 cm³/mol. The second kappa shape index (κ2) is 10.8. The Morgan fingerprint density at radius 3 is 2.46 bits per heavy atom. The second-order valence-corrected chi connectivity index (χ2v) is 11.9. The molecule has 0 saturated carbocycles. The largest absolute Gasteiger partial charge is 0.417 e. The number of primary amides is 1. The van der Waals surface area contributed by atoms with Crippen molar-refractivity contribution in [3.05, 3.63) is 51.1 Å². The molecule has 2 N–H and O–H groups in total. The highest BCUT2D eigenvalue weighted by Gasteiger charge is 2.40. The molecular formula is C27H28F3N5O4S2. The maximum absolute atomic E-state index is 14.8. The quantitative estimate of drug-likeness (QED) is 0.437. The van der Waals surface area contributed by atoms with Crippen LogP contribution in [-0.4, -0.2) is 70.4 Å². The van der Waals surface area contributed by atoms with E-state index in [1.807, 2.05) is 13.8 Å². The van der Waals surface area contributed by atoms with Crippen LogP contribution in [0.2, 0.25) is 0 Å². The molecule has 0 radical (unpaired) electrons. The van der Waals surface area contributed by atoms with Gasteiger partial charge in [-0.05, 0) is 31.4 Å². The highest BCUT2D eigenvalue weighted by molar-refractivity contribution is 7.99. The molecular weight excluding hydrogens is 579 g/mol. The van der Waals surface area contributed by atoms with Crippen molar-refractivity contribution < 1.29 is 27.5 Å². The Bertz CT molecular complexity index is 1610. The fourth-order valence-electron chi connectivity index (χ4n) is 5.73. The summed E-state index contributed by atoms with van der Waals surface area (Å²) in [5.41, 5.74) is 4.08. The number of rotatable bonds is 5. The normalized spacial score (nSPS) is 21.2. The summed E-state index contributed by atoms with van der Waals surface area (Å²) < 4.78 is 51.4. The predicted octanol–water partition coefficient (Wildman–Crippen LogP) is 3.98. The summed E-state index contributed by atoms with van der Waals surface area (Å²) in [5, 5.41) is 3.04. The molecule has 218 valence electrons. The van der Waals surface area contributed by atoms with Crippen molar-refractivity contribution in [2.75, 3.05) is 30.9 Å². The lowest BCUT2D eigenvalue weighted by Crippen LogP contribution is -2.58. The van der Waals surface area contributed by atoms with Crippen LogP contribution in [0.25, 0.3) is 22.0 Å². The van der Waals surface area contributed by atoms with Gasteiger partial charge in [0.05, 0.1) is 29.3 Å². The van der Waals surface area contributed by atoms with E-state index in [0.717, 1.165) is 29.2 Å². The first-order chi connectivity index (χ1) is 19.4. The summed E-state index contributed by atoms with van der Waals surface area (Å²) in [6.45, 7) is 7.80. The Balaban J connectivity index is 1.84. The molecule has 4 heterocycles. The lowest BCUT2D eigenvalue weighted by Gasteiger charge is -2.44. The molecule has 1 saturated heterocycles. The third-order valence-electron chi connectivity index (χ3n) is 7.48. The van der Waals surface area contributed by atoms with Crippen LogP contribution in [-0.2, 0) is 22.3 Å². The summed E-state index contributed by atoms with van der Waals surface area (Å²) in [6, 6.07) is 0.367. The first kappa shape index (κ1) is 29.1. The van der Waals surface area contributed by atoms with Crippen molar-refractivity contribution in [2.24, 2.45) is 5.73 Å². The number of ether oxygens (including phenoxy) is 1. The molecule has 1 fully saturated rings. The number of hydrogen-bond acceptors (Lipinski definition) is 8. The molecule has 0 aliphatic carbocycles. The SMILES string of the molecule is C=CC(=O)N1[C@H](C)CN(c2nc(=O)n3c4c(c(-c5cscc5C(N)=O)c(C(F)(F)F)cc24)SCC(OC)C3)C[C@@H]1C. The number of piperazine rings is 1. The molecule has 9 nitrogen and oxygen atoms in total. The van der Waals surface area contributed by atoms with Gasteiger partial charge in [0.25, 0.3) is 0 Å². The number of nitrogens with two attached hydrogens (primary N) is 1. The van der Waals surface area contributed by atoms with Gasteiger partial charge in [-0.3, -0.25) is 14.2 Å². The van der Waals surface area contributed by atoms with Gasteiger partial charge in [0.1, 0.15) is 5.82 Å². The van der Waals surface area contributed by atoms with Crippen molar-refractivity contribution in [3.63, 3.8) is 0 Å². The molecule has 1 unspecified atom stereocenters. The van der Waals surface area contributed by atoms with E-state index in [1.54, 1.807) is 9.80 Å². The molecule has 3 atom stereocenters. The van der Waals surface area contributed by atoms with Crippen LogP contribution >= 0.6 is 23.1 Å². The fourth-order valence-corrected chi connectivity index (χ4v) is 7.87. The van der Waals surface area contributed by atoms with E-state index in [1.165, 1.54) is 28.5 Å². The smallest absolute Gasteiger partial charge is 0.379 e. The van der Waals surface area contributed by atoms with E-state index in [4.69, 9.17) is 10.5 Å². The Hall–Kier alpha value is -3.36. The number of anilines is 1. The number of aromatic nitrogens is 2. The zero-order valence-corrected chi connectivity index (χ0v) is 24.2.